The third kappa shape index (κ3) is 4.02. The molecule has 1 aromatic heterocycles. The number of carbonyl (C=O) groups is 1. The highest BCUT2D eigenvalue weighted by Gasteiger charge is 2.17. The fourth-order valence-corrected chi connectivity index (χ4v) is 2.82. The Bertz CT molecular complexity index is 424. The smallest absolute Gasteiger partial charge is 0.266 e. The van der Waals surface area contributed by atoms with Crippen LogP contribution in [0.4, 0.5) is 0 Å². The van der Waals surface area contributed by atoms with E-state index in [2.05, 4.69) is 22.4 Å². The molecule has 0 spiro atoms. The lowest BCUT2D eigenvalue weighted by molar-refractivity contribution is 0.0953. The van der Waals surface area contributed by atoms with Crippen molar-refractivity contribution in [1.29, 1.82) is 0 Å². The first-order valence-corrected chi connectivity index (χ1v) is 7.37. The van der Waals surface area contributed by atoms with E-state index in [9.17, 15) is 4.79 Å². The molecule has 1 aliphatic carbocycles. The van der Waals surface area contributed by atoms with Crippen LogP contribution < -0.4 is 11.3 Å². The van der Waals surface area contributed by atoms with Gasteiger partial charge in [-0.3, -0.25) is 20.1 Å². The molecule has 2 rings (SSSR count). The summed E-state index contributed by atoms with van der Waals surface area (Å²) in [5.41, 5.74) is 3.60. The Morgan fingerprint density at radius 2 is 2.05 bits per heavy atom. The number of hydrogen-bond donors (Lipinski definition) is 2. The summed E-state index contributed by atoms with van der Waals surface area (Å²) >= 11 is 0. The molecule has 3 N–H and O–H groups in total. The standard InChI is InChI=1S/C15H24N4O/c1-19(14-6-4-2-3-5-7-14)11-13-9-8-12(10-17-13)15(20)18-16/h8-10,14H,2-7,11,16H2,1H3,(H,18,20). The Balaban J connectivity index is 1.93. The largest absolute Gasteiger partial charge is 0.298 e. The van der Waals surface area contributed by atoms with Gasteiger partial charge in [0.1, 0.15) is 0 Å². The highest BCUT2D eigenvalue weighted by atomic mass is 16.2. The molecule has 1 aliphatic rings. The lowest BCUT2D eigenvalue weighted by Crippen LogP contribution is -2.31. The fourth-order valence-electron chi connectivity index (χ4n) is 2.82. The molecule has 0 aliphatic heterocycles. The molecule has 20 heavy (non-hydrogen) atoms. The van der Waals surface area contributed by atoms with Crippen molar-refractivity contribution in [2.24, 2.45) is 5.84 Å². The quantitative estimate of drug-likeness (QED) is 0.381. The predicted octanol–water partition coefficient (Wildman–Crippen LogP) is 1.84. The Hall–Kier alpha value is -1.46. The minimum Gasteiger partial charge on any atom is -0.298 e. The molecule has 110 valence electrons. The van der Waals surface area contributed by atoms with Gasteiger partial charge in [0.05, 0.1) is 11.3 Å². The highest BCUT2D eigenvalue weighted by Crippen LogP contribution is 2.21. The molecule has 0 radical (unpaired) electrons. The van der Waals surface area contributed by atoms with Gasteiger partial charge in [-0.1, -0.05) is 25.7 Å². The number of amides is 1. The minimum absolute atomic E-state index is 0.304. The van der Waals surface area contributed by atoms with Gasteiger partial charge < -0.3 is 0 Å². The average Bonchev–Trinajstić information content (AvgIpc) is 2.76. The summed E-state index contributed by atoms with van der Waals surface area (Å²) in [6, 6.07) is 4.33. The van der Waals surface area contributed by atoms with Crippen molar-refractivity contribution in [3.05, 3.63) is 29.6 Å². The number of rotatable bonds is 4. The lowest BCUT2D eigenvalue weighted by atomic mass is 10.1. The first kappa shape index (κ1) is 14.9. The third-order valence-corrected chi connectivity index (χ3v) is 4.08. The molecule has 5 heteroatoms. The van der Waals surface area contributed by atoms with Gasteiger partial charge in [0.2, 0.25) is 0 Å². The molecule has 5 nitrogen and oxygen atoms in total. The zero-order valence-electron chi connectivity index (χ0n) is 12.1. The summed E-state index contributed by atoms with van der Waals surface area (Å²) < 4.78 is 0. The van der Waals surface area contributed by atoms with Crippen molar-refractivity contribution in [3.8, 4) is 0 Å². The summed E-state index contributed by atoms with van der Waals surface area (Å²) in [4.78, 5) is 18.1. The Morgan fingerprint density at radius 3 is 2.60 bits per heavy atom. The van der Waals surface area contributed by atoms with Crippen LogP contribution in [0.2, 0.25) is 0 Å². The summed E-state index contributed by atoms with van der Waals surface area (Å²) in [6.45, 7) is 0.829. The molecule has 1 amide bonds. The third-order valence-electron chi connectivity index (χ3n) is 4.08. The normalized spacial score (nSPS) is 16.9. The number of hydrazine groups is 1. The number of hydrogen-bond acceptors (Lipinski definition) is 4. The van der Waals surface area contributed by atoms with Crippen LogP contribution in [0.25, 0.3) is 0 Å². The number of nitrogens with one attached hydrogen (secondary N) is 1. The molecule has 0 saturated heterocycles. The van der Waals surface area contributed by atoms with E-state index in [-0.39, 0.29) is 5.91 Å². The van der Waals surface area contributed by atoms with Crippen LogP contribution in [0, 0.1) is 0 Å². The van der Waals surface area contributed by atoms with Crippen LogP contribution >= 0.6 is 0 Å². The summed E-state index contributed by atoms with van der Waals surface area (Å²) in [5.74, 6) is 4.80. The van der Waals surface area contributed by atoms with E-state index in [1.807, 2.05) is 6.07 Å². The maximum Gasteiger partial charge on any atom is 0.266 e. The second-order valence-electron chi connectivity index (χ2n) is 5.57. The number of nitrogens with two attached hydrogens (primary N) is 1. The minimum atomic E-state index is -0.304. The van der Waals surface area contributed by atoms with Crippen molar-refractivity contribution < 1.29 is 4.79 Å². The Labute approximate surface area is 120 Å². The molecule has 1 fully saturated rings. The average molecular weight is 276 g/mol. The lowest BCUT2D eigenvalue weighted by Gasteiger charge is -2.26. The van der Waals surface area contributed by atoms with Gasteiger partial charge >= 0.3 is 0 Å². The van der Waals surface area contributed by atoms with Crippen molar-refractivity contribution in [2.75, 3.05) is 7.05 Å². The zero-order valence-corrected chi connectivity index (χ0v) is 12.1. The van der Waals surface area contributed by atoms with Gasteiger partial charge in [-0.25, -0.2) is 5.84 Å². The van der Waals surface area contributed by atoms with Crippen molar-refractivity contribution in [1.82, 2.24) is 15.3 Å². The van der Waals surface area contributed by atoms with Gasteiger partial charge in [0.25, 0.3) is 5.91 Å². The van der Waals surface area contributed by atoms with E-state index in [0.29, 0.717) is 11.6 Å². The van der Waals surface area contributed by atoms with E-state index < -0.39 is 0 Å². The number of nitrogens with zero attached hydrogens (tertiary/aromatic N) is 2. The van der Waals surface area contributed by atoms with Gasteiger partial charge in [-0.2, -0.15) is 0 Å². The SMILES string of the molecule is CN(Cc1ccc(C(=O)NN)cn1)C1CCCCCC1. The van der Waals surface area contributed by atoms with Gasteiger partial charge in [0, 0.05) is 18.8 Å². The maximum atomic E-state index is 11.3. The van der Waals surface area contributed by atoms with Crippen LogP contribution in [0.3, 0.4) is 0 Å². The molecule has 0 aromatic carbocycles. The highest BCUT2D eigenvalue weighted by molar-refractivity contribution is 5.93. The number of nitrogen functional groups attached to an aromatic ring is 1. The number of aromatic nitrogens is 1. The molecule has 1 saturated carbocycles. The molecule has 0 bridgehead atoms. The van der Waals surface area contributed by atoms with Crippen molar-refractivity contribution in [3.63, 3.8) is 0 Å². The monoisotopic (exact) mass is 276 g/mol. The summed E-state index contributed by atoms with van der Waals surface area (Å²) in [5, 5.41) is 0. The first-order chi connectivity index (χ1) is 9.70. The van der Waals surface area contributed by atoms with E-state index in [1.54, 1.807) is 12.3 Å². The molecule has 0 atom stereocenters. The van der Waals surface area contributed by atoms with Crippen LogP contribution in [-0.2, 0) is 6.54 Å². The van der Waals surface area contributed by atoms with E-state index in [1.165, 1.54) is 38.5 Å². The molecular formula is C15H24N4O. The Morgan fingerprint density at radius 1 is 1.35 bits per heavy atom. The Kier molecular flexibility index (Phi) is 5.49. The second kappa shape index (κ2) is 7.36. The maximum absolute atomic E-state index is 11.3. The van der Waals surface area contributed by atoms with Crippen LogP contribution in [0.1, 0.15) is 54.6 Å². The first-order valence-electron chi connectivity index (χ1n) is 7.37. The predicted molar refractivity (Wildman–Crippen MR) is 78.8 cm³/mol. The van der Waals surface area contributed by atoms with E-state index in [4.69, 9.17) is 5.84 Å². The second-order valence-corrected chi connectivity index (χ2v) is 5.57. The van der Waals surface area contributed by atoms with Gasteiger partial charge in [0.15, 0.2) is 0 Å². The van der Waals surface area contributed by atoms with Crippen LogP contribution in [-0.4, -0.2) is 28.9 Å². The number of pyridine rings is 1. The van der Waals surface area contributed by atoms with Crippen LogP contribution in [0.15, 0.2) is 18.3 Å². The summed E-state index contributed by atoms with van der Waals surface area (Å²) in [6.07, 6.45) is 9.54. The molecular weight excluding hydrogens is 252 g/mol. The zero-order chi connectivity index (χ0) is 14.4. The van der Waals surface area contributed by atoms with Gasteiger partial charge in [-0.05, 0) is 32.0 Å². The van der Waals surface area contributed by atoms with Gasteiger partial charge in [-0.15, -0.1) is 0 Å². The van der Waals surface area contributed by atoms with Crippen LogP contribution in [0.5, 0.6) is 0 Å². The molecule has 1 aromatic rings. The fraction of sp³-hybridized carbons (Fsp3) is 0.600. The molecule has 1 heterocycles. The summed E-state index contributed by atoms with van der Waals surface area (Å²) in [7, 11) is 2.16. The molecule has 0 unspecified atom stereocenters. The topological polar surface area (TPSA) is 71.2 Å². The van der Waals surface area contributed by atoms with E-state index >= 15 is 0 Å². The van der Waals surface area contributed by atoms with E-state index in [0.717, 1.165) is 12.2 Å². The van der Waals surface area contributed by atoms with Crippen molar-refractivity contribution >= 4 is 5.91 Å². The number of carbonyl (C=O) groups excluding carboxylic acids is 1. The van der Waals surface area contributed by atoms with Crippen molar-refractivity contribution in [2.45, 2.75) is 51.1 Å².